The van der Waals surface area contributed by atoms with Crippen molar-refractivity contribution >= 4 is 5.69 Å². The van der Waals surface area contributed by atoms with Gasteiger partial charge in [0.15, 0.2) is 0 Å². The lowest BCUT2D eigenvalue weighted by atomic mass is 10.2. The maximum absolute atomic E-state index is 13.5. The van der Waals surface area contributed by atoms with Crippen LogP contribution in [-0.2, 0) is 6.54 Å². The molecule has 0 atom stereocenters. The minimum Gasteiger partial charge on any atom is -0.492 e. The van der Waals surface area contributed by atoms with Crippen molar-refractivity contribution in [2.45, 2.75) is 6.54 Å². The predicted molar refractivity (Wildman–Crippen MR) is 82.1 cm³/mol. The summed E-state index contributed by atoms with van der Waals surface area (Å²) >= 11 is 0. The molecular formula is C17H19FN2O. The average Bonchev–Trinajstić information content (AvgIpc) is 2.71. The van der Waals surface area contributed by atoms with E-state index in [0.29, 0.717) is 18.8 Å². The number of anilines is 1. The summed E-state index contributed by atoms with van der Waals surface area (Å²) in [5.41, 5.74) is 1.77. The highest BCUT2D eigenvalue weighted by atomic mass is 19.1. The van der Waals surface area contributed by atoms with Gasteiger partial charge in [-0.05, 0) is 18.2 Å². The third-order valence-corrected chi connectivity index (χ3v) is 3.65. The number of nitrogens with zero attached hydrogens (tertiary/aromatic N) is 1. The van der Waals surface area contributed by atoms with Gasteiger partial charge in [0, 0.05) is 31.7 Å². The monoisotopic (exact) mass is 286 g/mol. The quantitative estimate of drug-likeness (QED) is 0.934. The number of nitrogens with one attached hydrogen (secondary N) is 1. The normalized spacial score (nSPS) is 14.9. The predicted octanol–water partition coefficient (Wildman–Crippen LogP) is 3.13. The molecule has 1 N–H and O–H groups in total. The molecule has 0 spiro atoms. The molecule has 0 amide bonds. The van der Waals surface area contributed by atoms with Gasteiger partial charge < -0.3 is 10.1 Å². The molecule has 0 aromatic heterocycles. The Morgan fingerprint density at radius 3 is 2.81 bits per heavy atom. The van der Waals surface area contributed by atoms with E-state index >= 15 is 0 Å². The number of benzene rings is 2. The maximum atomic E-state index is 13.5. The van der Waals surface area contributed by atoms with Gasteiger partial charge in [-0.2, -0.15) is 0 Å². The van der Waals surface area contributed by atoms with Crippen LogP contribution in [0.2, 0.25) is 0 Å². The van der Waals surface area contributed by atoms with E-state index in [9.17, 15) is 4.39 Å². The second kappa shape index (κ2) is 6.59. The Kier molecular flexibility index (Phi) is 4.36. The molecule has 1 aliphatic rings. The summed E-state index contributed by atoms with van der Waals surface area (Å²) in [4.78, 5) is 2.32. The van der Waals surface area contributed by atoms with Gasteiger partial charge in [-0.15, -0.1) is 0 Å². The van der Waals surface area contributed by atoms with Gasteiger partial charge in [0.1, 0.15) is 18.2 Å². The van der Waals surface area contributed by atoms with E-state index in [1.807, 2.05) is 24.3 Å². The van der Waals surface area contributed by atoms with E-state index in [0.717, 1.165) is 25.4 Å². The zero-order valence-corrected chi connectivity index (χ0v) is 11.9. The first-order chi connectivity index (χ1) is 10.3. The lowest BCUT2D eigenvalue weighted by Gasteiger charge is -2.19. The first-order valence-electron chi connectivity index (χ1n) is 7.24. The second-order valence-corrected chi connectivity index (χ2v) is 5.14. The van der Waals surface area contributed by atoms with Crippen molar-refractivity contribution in [3.8, 4) is 5.75 Å². The van der Waals surface area contributed by atoms with Gasteiger partial charge in [-0.3, -0.25) is 4.90 Å². The summed E-state index contributed by atoms with van der Waals surface area (Å²) in [7, 11) is 0. The molecule has 0 aliphatic carbocycles. The number of hydrogen-bond donors (Lipinski definition) is 1. The molecule has 1 aliphatic heterocycles. The first-order valence-corrected chi connectivity index (χ1v) is 7.24. The Morgan fingerprint density at radius 1 is 1.10 bits per heavy atom. The summed E-state index contributed by atoms with van der Waals surface area (Å²) in [6.45, 7) is 4.01. The van der Waals surface area contributed by atoms with Crippen LogP contribution in [0.15, 0.2) is 48.5 Å². The van der Waals surface area contributed by atoms with Gasteiger partial charge in [0.05, 0.1) is 5.69 Å². The Bertz CT molecular complexity index is 603. The third-order valence-electron chi connectivity index (χ3n) is 3.65. The molecule has 0 saturated carbocycles. The topological polar surface area (TPSA) is 24.5 Å². The highest BCUT2D eigenvalue weighted by Crippen LogP contribution is 2.22. The molecule has 0 unspecified atom stereocenters. The standard InChI is InChI=1S/C17H19FN2O/c18-15-6-2-3-7-16(15)19-9-10-20-11-12-21-17-8-4-1-5-14(17)13-20/h1-8,19H,9-13H2. The van der Waals surface area contributed by atoms with Crippen molar-refractivity contribution in [2.24, 2.45) is 0 Å². The van der Waals surface area contributed by atoms with Gasteiger partial charge >= 0.3 is 0 Å². The fourth-order valence-electron chi connectivity index (χ4n) is 2.52. The number of fused-ring (bicyclic) bond motifs is 1. The van der Waals surface area contributed by atoms with Crippen LogP contribution >= 0.6 is 0 Å². The van der Waals surface area contributed by atoms with Crippen LogP contribution in [-0.4, -0.2) is 31.1 Å². The van der Waals surface area contributed by atoms with E-state index in [2.05, 4.69) is 16.3 Å². The fourth-order valence-corrected chi connectivity index (χ4v) is 2.52. The summed E-state index contributed by atoms with van der Waals surface area (Å²) in [5, 5.41) is 3.15. The number of halogens is 1. The molecular weight excluding hydrogens is 267 g/mol. The van der Waals surface area contributed by atoms with Crippen LogP contribution in [0.1, 0.15) is 5.56 Å². The Labute approximate surface area is 124 Å². The third kappa shape index (κ3) is 3.52. The zero-order valence-electron chi connectivity index (χ0n) is 11.9. The molecule has 0 bridgehead atoms. The number of hydrogen-bond acceptors (Lipinski definition) is 3. The largest absolute Gasteiger partial charge is 0.492 e. The zero-order chi connectivity index (χ0) is 14.5. The van der Waals surface area contributed by atoms with Crippen LogP contribution < -0.4 is 10.1 Å². The van der Waals surface area contributed by atoms with Crippen molar-refractivity contribution in [2.75, 3.05) is 31.6 Å². The van der Waals surface area contributed by atoms with Crippen molar-refractivity contribution in [3.63, 3.8) is 0 Å². The van der Waals surface area contributed by atoms with Crippen LogP contribution in [0.3, 0.4) is 0 Å². The van der Waals surface area contributed by atoms with Crippen LogP contribution in [0.25, 0.3) is 0 Å². The smallest absolute Gasteiger partial charge is 0.146 e. The molecule has 1 heterocycles. The Balaban J connectivity index is 1.55. The SMILES string of the molecule is Fc1ccccc1NCCN1CCOc2ccccc2C1. The van der Waals surface area contributed by atoms with E-state index in [4.69, 9.17) is 4.74 Å². The van der Waals surface area contributed by atoms with Gasteiger partial charge in [-0.1, -0.05) is 30.3 Å². The maximum Gasteiger partial charge on any atom is 0.146 e. The Morgan fingerprint density at radius 2 is 1.90 bits per heavy atom. The van der Waals surface area contributed by atoms with Crippen LogP contribution in [0, 0.1) is 5.82 Å². The average molecular weight is 286 g/mol. The molecule has 21 heavy (non-hydrogen) atoms. The molecule has 110 valence electrons. The molecule has 2 aromatic carbocycles. The molecule has 2 aromatic rings. The van der Waals surface area contributed by atoms with Crippen molar-refractivity contribution in [1.29, 1.82) is 0 Å². The van der Waals surface area contributed by atoms with Crippen molar-refractivity contribution < 1.29 is 9.13 Å². The summed E-state index contributed by atoms with van der Waals surface area (Å²) in [6, 6.07) is 14.9. The summed E-state index contributed by atoms with van der Waals surface area (Å²) in [5.74, 6) is 0.768. The van der Waals surface area contributed by atoms with Crippen molar-refractivity contribution in [1.82, 2.24) is 4.90 Å². The summed E-state index contributed by atoms with van der Waals surface area (Å²) in [6.07, 6.45) is 0. The molecule has 0 saturated heterocycles. The Hall–Kier alpha value is -2.07. The van der Waals surface area contributed by atoms with Crippen LogP contribution in [0.5, 0.6) is 5.75 Å². The minimum atomic E-state index is -0.206. The first kappa shape index (κ1) is 13.9. The highest BCUT2D eigenvalue weighted by Gasteiger charge is 2.14. The van der Waals surface area contributed by atoms with Crippen molar-refractivity contribution in [3.05, 3.63) is 59.9 Å². The van der Waals surface area contributed by atoms with Crippen LogP contribution in [0.4, 0.5) is 10.1 Å². The fraction of sp³-hybridized carbons (Fsp3) is 0.294. The molecule has 4 heteroatoms. The van der Waals surface area contributed by atoms with E-state index in [-0.39, 0.29) is 5.82 Å². The number of para-hydroxylation sites is 2. The lowest BCUT2D eigenvalue weighted by molar-refractivity contribution is 0.232. The number of ether oxygens (including phenoxy) is 1. The summed E-state index contributed by atoms with van der Waals surface area (Å²) < 4.78 is 19.3. The molecule has 0 fully saturated rings. The lowest BCUT2D eigenvalue weighted by Crippen LogP contribution is -2.30. The minimum absolute atomic E-state index is 0.206. The highest BCUT2D eigenvalue weighted by molar-refractivity contribution is 5.44. The molecule has 0 radical (unpaired) electrons. The number of rotatable bonds is 4. The van der Waals surface area contributed by atoms with E-state index in [1.165, 1.54) is 11.6 Å². The van der Waals surface area contributed by atoms with Gasteiger partial charge in [0.25, 0.3) is 0 Å². The van der Waals surface area contributed by atoms with E-state index < -0.39 is 0 Å². The van der Waals surface area contributed by atoms with Gasteiger partial charge in [0.2, 0.25) is 0 Å². The molecule has 3 rings (SSSR count). The second-order valence-electron chi connectivity index (χ2n) is 5.14. The van der Waals surface area contributed by atoms with Gasteiger partial charge in [-0.25, -0.2) is 4.39 Å². The van der Waals surface area contributed by atoms with E-state index in [1.54, 1.807) is 12.1 Å². The molecule has 3 nitrogen and oxygen atoms in total.